The number of nitrogens with two attached hydrogens (primary N) is 1. The zero-order chi connectivity index (χ0) is 10.4. The van der Waals surface area contributed by atoms with Crippen LogP contribution in [0.2, 0.25) is 0 Å². The van der Waals surface area contributed by atoms with Crippen molar-refractivity contribution in [3.8, 4) is 11.8 Å². The Hall–Kier alpha value is -1.92. The highest BCUT2D eigenvalue weighted by Gasteiger charge is 2.01. The monoisotopic (exact) mass is 187 g/mol. The van der Waals surface area contributed by atoms with E-state index in [0.717, 1.165) is 0 Å². The van der Waals surface area contributed by atoms with E-state index in [4.69, 9.17) is 5.73 Å². The Bertz CT molecular complexity index is 396. The highest BCUT2D eigenvalue weighted by molar-refractivity contribution is 5.97. The van der Waals surface area contributed by atoms with Crippen LogP contribution in [0.25, 0.3) is 0 Å². The Balaban J connectivity index is 2.88. The fourth-order valence-electron chi connectivity index (χ4n) is 0.970. The summed E-state index contributed by atoms with van der Waals surface area (Å²) in [7, 11) is 0. The van der Waals surface area contributed by atoms with E-state index in [2.05, 4.69) is 11.8 Å². The molecule has 1 rings (SSSR count). The van der Waals surface area contributed by atoms with Gasteiger partial charge in [0.05, 0.1) is 6.54 Å². The third-order valence-corrected chi connectivity index (χ3v) is 1.67. The van der Waals surface area contributed by atoms with E-state index >= 15 is 0 Å². The number of benzene rings is 1. The SMILES string of the molecule is NCC(=O)c1ccc(C#CC=O)cc1. The Labute approximate surface area is 81.9 Å². The number of carbonyl (C=O) groups excluding carboxylic acids is 2. The summed E-state index contributed by atoms with van der Waals surface area (Å²) in [5, 5.41) is 0. The van der Waals surface area contributed by atoms with Gasteiger partial charge in [-0.15, -0.1) is 0 Å². The van der Waals surface area contributed by atoms with E-state index in [0.29, 0.717) is 17.4 Å². The molecule has 0 radical (unpaired) electrons. The van der Waals surface area contributed by atoms with Gasteiger partial charge in [0.25, 0.3) is 0 Å². The van der Waals surface area contributed by atoms with Crippen molar-refractivity contribution in [2.24, 2.45) is 5.73 Å². The fraction of sp³-hybridized carbons (Fsp3) is 0.0909. The average Bonchev–Trinajstić information content (AvgIpc) is 2.26. The molecule has 2 N–H and O–H groups in total. The van der Waals surface area contributed by atoms with E-state index < -0.39 is 0 Å². The van der Waals surface area contributed by atoms with Crippen LogP contribution in [0, 0.1) is 11.8 Å². The lowest BCUT2D eigenvalue weighted by molar-refractivity contribution is -0.103. The predicted molar refractivity (Wildman–Crippen MR) is 52.8 cm³/mol. The molecule has 0 amide bonds. The van der Waals surface area contributed by atoms with Gasteiger partial charge in [-0.1, -0.05) is 18.1 Å². The zero-order valence-electron chi connectivity index (χ0n) is 7.49. The molecule has 70 valence electrons. The Morgan fingerprint density at radius 2 is 2.00 bits per heavy atom. The maximum absolute atomic E-state index is 11.1. The summed E-state index contributed by atoms with van der Waals surface area (Å²) < 4.78 is 0. The number of carbonyl (C=O) groups is 2. The Kier molecular flexibility index (Phi) is 3.59. The first-order chi connectivity index (χ1) is 6.77. The maximum atomic E-state index is 11.1. The molecule has 3 nitrogen and oxygen atoms in total. The van der Waals surface area contributed by atoms with E-state index in [9.17, 15) is 9.59 Å². The van der Waals surface area contributed by atoms with E-state index in [1.807, 2.05) is 0 Å². The van der Waals surface area contributed by atoms with Crippen molar-refractivity contribution >= 4 is 12.1 Å². The van der Waals surface area contributed by atoms with Gasteiger partial charge in [-0.2, -0.15) is 0 Å². The summed E-state index contributed by atoms with van der Waals surface area (Å²) in [5.41, 5.74) is 6.46. The number of rotatable bonds is 2. The third-order valence-electron chi connectivity index (χ3n) is 1.67. The van der Waals surface area contributed by atoms with E-state index in [-0.39, 0.29) is 12.3 Å². The molecule has 0 spiro atoms. The van der Waals surface area contributed by atoms with Crippen molar-refractivity contribution in [2.45, 2.75) is 0 Å². The molecule has 14 heavy (non-hydrogen) atoms. The second-order valence-corrected chi connectivity index (χ2v) is 2.59. The van der Waals surface area contributed by atoms with Crippen molar-refractivity contribution in [3.63, 3.8) is 0 Å². The largest absolute Gasteiger partial charge is 0.324 e. The highest BCUT2D eigenvalue weighted by atomic mass is 16.1. The molecule has 0 aliphatic rings. The van der Waals surface area contributed by atoms with Crippen molar-refractivity contribution < 1.29 is 9.59 Å². The van der Waals surface area contributed by atoms with Gasteiger partial charge >= 0.3 is 0 Å². The van der Waals surface area contributed by atoms with Crippen molar-refractivity contribution in [1.82, 2.24) is 0 Å². The van der Waals surface area contributed by atoms with Gasteiger partial charge in [0, 0.05) is 11.1 Å². The first-order valence-corrected chi connectivity index (χ1v) is 4.06. The summed E-state index contributed by atoms with van der Waals surface area (Å²) >= 11 is 0. The van der Waals surface area contributed by atoms with Crippen LogP contribution in [0.15, 0.2) is 24.3 Å². The standard InChI is InChI=1S/C11H9NO2/c12-8-11(14)10-5-3-9(4-6-10)2-1-7-13/h3-7H,8,12H2. The molecular formula is C11H9NO2. The van der Waals surface area contributed by atoms with E-state index in [1.165, 1.54) is 0 Å². The van der Waals surface area contributed by atoms with Crippen LogP contribution in [-0.4, -0.2) is 18.6 Å². The first kappa shape index (κ1) is 10.2. The summed E-state index contributed by atoms with van der Waals surface area (Å²) in [6, 6.07) is 6.65. The van der Waals surface area contributed by atoms with Gasteiger partial charge in [-0.25, -0.2) is 0 Å². The molecule has 0 bridgehead atoms. The summed E-state index contributed by atoms with van der Waals surface area (Å²) in [5.74, 6) is 4.79. The van der Waals surface area contributed by atoms with Gasteiger partial charge in [0.1, 0.15) is 0 Å². The summed E-state index contributed by atoms with van der Waals surface area (Å²) in [6.45, 7) is -0.000632. The van der Waals surface area contributed by atoms with Crippen molar-refractivity contribution in [1.29, 1.82) is 0 Å². The zero-order valence-corrected chi connectivity index (χ0v) is 7.49. The minimum absolute atomic E-state index is 0.000632. The molecule has 1 aromatic rings. The molecule has 0 aromatic heterocycles. The molecular weight excluding hydrogens is 178 g/mol. The molecule has 0 saturated carbocycles. The van der Waals surface area contributed by atoms with Gasteiger partial charge in [-0.05, 0) is 18.1 Å². The minimum Gasteiger partial charge on any atom is -0.324 e. The van der Waals surface area contributed by atoms with Crippen LogP contribution in [0.1, 0.15) is 15.9 Å². The van der Waals surface area contributed by atoms with E-state index in [1.54, 1.807) is 24.3 Å². The van der Waals surface area contributed by atoms with Crippen LogP contribution < -0.4 is 5.73 Å². The Morgan fingerprint density at radius 1 is 1.36 bits per heavy atom. The predicted octanol–water partition coefficient (Wildman–Crippen LogP) is 0.378. The number of Topliss-reactive ketones (excluding diaryl/α,β-unsaturated/α-hetero) is 1. The lowest BCUT2D eigenvalue weighted by Crippen LogP contribution is -2.13. The van der Waals surface area contributed by atoms with Gasteiger partial charge < -0.3 is 5.73 Å². The third kappa shape index (κ3) is 2.54. The highest BCUT2D eigenvalue weighted by Crippen LogP contribution is 2.03. The van der Waals surface area contributed by atoms with Crippen LogP contribution in [0.5, 0.6) is 0 Å². The van der Waals surface area contributed by atoms with Crippen molar-refractivity contribution in [3.05, 3.63) is 35.4 Å². The van der Waals surface area contributed by atoms with Gasteiger partial charge in [-0.3, -0.25) is 9.59 Å². The van der Waals surface area contributed by atoms with Crippen molar-refractivity contribution in [2.75, 3.05) is 6.54 Å². The lowest BCUT2D eigenvalue weighted by Gasteiger charge is -1.96. The van der Waals surface area contributed by atoms with Crippen LogP contribution in [0.4, 0.5) is 0 Å². The molecule has 0 unspecified atom stereocenters. The number of hydrogen-bond acceptors (Lipinski definition) is 3. The normalized spacial score (nSPS) is 8.64. The number of aldehydes is 1. The van der Waals surface area contributed by atoms with Crippen LogP contribution in [0.3, 0.4) is 0 Å². The molecule has 1 aromatic carbocycles. The average molecular weight is 187 g/mol. The number of hydrogen-bond donors (Lipinski definition) is 1. The fourth-order valence-corrected chi connectivity index (χ4v) is 0.970. The maximum Gasteiger partial charge on any atom is 0.193 e. The molecule has 0 heterocycles. The second-order valence-electron chi connectivity index (χ2n) is 2.59. The quantitative estimate of drug-likeness (QED) is 0.413. The Morgan fingerprint density at radius 3 is 2.50 bits per heavy atom. The smallest absolute Gasteiger partial charge is 0.193 e. The molecule has 3 heteroatoms. The first-order valence-electron chi connectivity index (χ1n) is 4.06. The summed E-state index contributed by atoms with van der Waals surface area (Å²) in [4.78, 5) is 21.1. The molecule has 0 saturated heterocycles. The summed E-state index contributed by atoms with van der Waals surface area (Å²) in [6.07, 6.45) is 0.527. The second kappa shape index (κ2) is 4.95. The van der Waals surface area contributed by atoms with Gasteiger partial charge in [0.15, 0.2) is 12.1 Å². The molecule has 0 aliphatic heterocycles. The lowest BCUT2D eigenvalue weighted by atomic mass is 10.1. The van der Waals surface area contributed by atoms with Crippen LogP contribution >= 0.6 is 0 Å². The molecule has 0 fully saturated rings. The molecule has 0 atom stereocenters. The topological polar surface area (TPSA) is 60.2 Å². The minimum atomic E-state index is -0.111. The molecule has 0 aliphatic carbocycles. The van der Waals surface area contributed by atoms with Crippen LogP contribution in [-0.2, 0) is 4.79 Å². The number of ketones is 1. The van der Waals surface area contributed by atoms with Gasteiger partial charge in [0.2, 0.25) is 0 Å².